The fourth-order valence-corrected chi connectivity index (χ4v) is 6.62. The number of ether oxygens (including phenoxy) is 2. The van der Waals surface area contributed by atoms with Crippen LogP contribution in [-0.2, 0) is 37.8 Å². The number of aryl methyl sites for hydroxylation is 1. The largest absolute Gasteiger partial charge is 0.465 e. The molecule has 0 spiro atoms. The van der Waals surface area contributed by atoms with Gasteiger partial charge in [0.25, 0.3) is 5.91 Å². The molecule has 1 N–H and O–H groups in total. The van der Waals surface area contributed by atoms with E-state index in [4.69, 9.17) is 9.47 Å². The molecule has 1 aliphatic heterocycles. The maximum Gasteiger partial charge on any atom is 0.327 e. The predicted molar refractivity (Wildman–Crippen MR) is 188 cm³/mol. The van der Waals surface area contributed by atoms with Gasteiger partial charge in [0.1, 0.15) is 6.04 Å². The molecule has 0 saturated carbocycles. The van der Waals surface area contributed by atoms with Gasteiger partial charge in [-0.1, -0.05) is 137 Å². The summed E-state index contributed by atoms with van der Waals surface area (Å²) in [5, 5.41) is 3.62. The number of carbonyl (C=O) groups excluding carboxylic acids is 2. The first-order valence-corrected chi connectivity index (χ1v) is 16.6. The lowest BCUT2D eigenvalue weighted by atomic mass is 9.85. The molecule has 1 aliphatic rings. The second-order valence-electron chi connectivity index (χ2n) is 11.6. The molecule has 0 bridgehead atoms. The van der Waals surface area contributed by atoms with Gasteiger partial charge in [-0.3, -0.25) is 14.9 Å². The van der Waals surface area contributed by atoms with Crippen molar-refractivity contribution in [1.82, 2.24) is 5.32 Å². The number of carbonyl (C=O) groups is 2. The van der Waals surface area contributed by atoms with E-state index in [1.54, 1.807) is 11.8 Å². The third-order valence-electron chi connectivity index (χ3n) is 8.64. The van der Waals surface area contributed by atoms with Crippen LogP contribution < -0.4 is 10.2 Å². The summed E-state index contributed by atoms with van der Waals surface area (Å²) in [7, 11) is 0. The number of rotatable bonds is 12. The monoisotopic (exact) mass is 688 g/mol. The van der Waals surface area contributed by atoms with Crippen molar-refractivity contribution in [3.05, 3.63) is 171 Å². The Balaban J connectivity index is 1.55. The Morgan fingerprint density at radius 3 is 2.04 bits per heavy atom. The predicted octanol–water partition coefficient (Wildman–Crippen LogP) is 8.03. The van der Waals surface area contributed by atoms with Crippen LogP contribution in [0.4, 0.5) is 5.69 Å². The van der Waals surface area contributed by atoms with Gasteiger partial charge in [-0.2, -0.15) is 0 Å². The Bertz CT molecular complexity index is 1790. The topological polar surface area (TPSA) is 67.9 Å². The van der Waals surface area contributed by atoms with Crippen molar-refractivity contribution in [3.63, 3.8) is 0 Å². The standard InChI is InChI=1S/C40H37BrN2O4/c1-3-46-38(44)37(42-36(30-18-9-5-10-19-30)31-20-11-6-12-21-31)40(47-27-32-22-14-13-15-28(32)2)34-24-23-33(41)25-35(34)43(39(40)45)26-29-16-7-4-8-17-29/h4-25,36-37,42H,3,26-27H2,1-2H3/t37-,40+/m1/s1. The molecule has 6 rings (SSSR count). The number of esters is 1. The van der Waals surface area contributed by atoms with Crippen LogP contribution in [0.1, 0.15) is 46.3 Å². The number of anilines is 1. The minimum atomic E-state index is -1.76. The average Bonchev–Trinajstić information content (AvgIpc) is 3.32. The summed E-state index contributed by atoms with van der Waals surface area (Å²) in [5.41, 5.74) is 4.28. The third kappa shape index (κ3) is 6.65. The number of amides is 1. The van der Waals surface area contributed by atoms with E-state index in [2.05, 4.69) is 21.2 Å². The molecule has 238 valence electrons. The van der Waals surface area contributed by atoms with Gasteiger partial charge in [-0.25, -0.2) is 0 Å². The van der Waals surface area contributed by atoms with Gasteiger partial charge >= 0.3 is 5.97 Å². The van der Waals surface area contributed by atoms with Crippen LogP contribution in [0, 0.1) is 6.92 Å². The number of benzene rings is 5. The Morgan fingerprint density at radius 2 is 1.43 bits per heavy atom. The third-order valence-corrected chi connectivity index (χ3v) is 9.13. The SMILES string of the molecule is CCOC(=O)[C@@H](NC(c1ccccc1)c1ccccc1)[C@]1(OCc2ccccc2C)C(=O)N(Cc2ccccc2)c2cc(Br)ccc21. The van der Waals surface area contributed by atoms with Crippen LogP contribution in [-0.4, -0.2) is 24.5 Å². The molecule has 0 radical (unpaired) electrons. The molecule has 1 amide bonds. The van der Waals surface area contributed by atoms with Crippen molar-refractivity contribution in [2.45, 2.75) is 44.7 Å². The van der Waals surface area contributed by atoms with E-state index in [-0.39, 0.29) is 19.1 Å². The van der Waals surface area contributed by atoms with Crippen LogP contribution >= 0.6 is 15.9 Å². The smallest absolute Gasteiger partial charge is 0.327 e. The summed E-state index contributed by atoms with van der Waals surface area (Å²) >= 11 is 3.63. The summed E-state index contributed by atoms with van der Waals surface area (Å²) in [6.07, 6.45) is 0. The Kier molecular flexibility index (Phi) is 9.97. The number of hydrogen-bond acceptors (Lipinski definition) is 5. The lowest BCUT2D eigenvalue weighted by molar-refractivity contribution is -0.169. The molecule has 0 aromatic heterocycles. The minimum Gasteiger partial charge on any atom is -0.465 e. The Hall–Kier alpha value is -4.56. The van der Waals surface area contributed by atoms with Gasteiger partial charge in [-0.15, -0.1) is 0 Å². The van der Waals surface area contributed by atoms with Gasteiger partial charge in [-0.05, 0) is 53.8 Å². The van der Waals surface area contributed by atoms with Crippen molar-refractivity contribution in [1.29, 1.82) is 0 Å². The molecule has 0 aliphatic carbocycles. The van der Waals surface area contributed by atoms with E-state index in [0.717, 1.165) is 32.3 Å². The Morgan fingerprint density at radius 1 is 0.830 bits per heavy atom. The zero-order valence-electron chi connectivity index (χ0n) is 26.4. The molecule has 6 nitrogen and oxygen atoms in total. The van der Waals surface area contributed by atoms with Crippen molar-refractivity contribution in [2.75, 3.05) is 11.5 Å². The normalized spacial score (nSPS) is 16.3. The zero-order chi connectivity index (χ0) is 32.8. The summed E-state index contributed by atoms with van der Waals surface area (Å²) in [6.45, 7) is 4.32. The van der Waals surface area contributed by atoms with Crippen LogP contribution in [0.15, 0.2) is 138 Å². The van der Waals surface area contributed by atoms with Gasteiger partial charge < -0.3 is 14.4 Å². The Labute approximate surface area is 284 Å². The average molecular weight is 690 g/mol. The zero-order valence-corrected chi connectivity index (χ0v) is 28.0. The molecule has 2 atom stereocenters. The summed E-state index contributed by atoms with van der Waals surface area (Å²) in [4.78, 5) is 31.3. The maximum atomic E-state index is 15.2. The van der Waals surface area contributed by atoms with Crippen LogP contribution in [0.3, 0.4) is 0 Å². The number of fused-ring (bicyclic) bond motifs is 1. The van der Waals surface area contributed by atoms with E-state index < -0.39 is 23.7 Å². The summed E-state index contributed by atoms with van der Waals surface area (Å²) in [5.74, 6) is -0.911. The van der Waals surface area contributed by atoms with E-state index in [1.165, 1.54) is 0 Å². The number of hydrogen-bond donors (Lipinski definition) is 1. The van der Waals surface area contributed by atoms with Gasteiger partial charge in [0.05, 0.1) is 31.5 Å². The van der Waals surface area contributed by atoms with Gasteiger partial charge in [0.15, 0.2) is 5.60 Å². The van der Waals surface area contributed by atoms with Crippen molar-refractivity contribution >= 4 is 33.5 Å². The van der Waals surface area contributed by atoms with E-state index in [9.17, 15) is 4.79 Å². The molecule has 0 fully saturated rings. The van der Waals surface area contributed by atoms with E-state index in [0.29, 0.717) is 17.8 Å². The second kappa shape index (κ2) is 14.5. The molecule has 0 unspecified atom stereocenters. The number of nitrogens with zero attached hydrogens (tertiary/aromatic N) is 1. The first kappa shape index (κ1) is 32.4. The highest BCUT2D eigenvalue weighted by atomic mass is 79.9. The highest BCUT2D eigenvalue weighted by Gasteiger charge is 2.60. The fraction of sp³-hybridized carbons (Fsp3) is 0.200. The molecule has 0 saturated heterocycles. The second-order valence-corrected chi connectivity index (χ2v) is 12.5. The first-order valence-electron chi connectivity index (χ1n) is 15.8. The van der Waals surface area contributed by atoms with E-state index >= 15 is 4.79 Å². The summed E-state index contributed by atoms with van der Waals surface area (Å²) in [6, 6.07) is 41.6. The molecular formula is C40H37BrN2O4. The van der Waals surface area contributed by atoms with Crippen LogP contribution in [0.2, 0.25) is 0 Å². The molecule has 5 aromatic rings. The van der Waals surface area contributed by atoms with Crippen LogP contribution in [0.25, 0.3) is 0 Å². The highest BCUT2D eigenvalue weighted by molar-refractivity contribution is 9.10. The molecule has 1 heterocycles. The van der Waals surface area contributed by atoms with E-state index in [1.807, 2.05) is 140 Å². The molecular weight excluding hydrogens is 652 g/mol. The lowest BCUT2D eigenvalue weighted by Crippen LogP contribution is -2.60. The van der Waals surface area contributed by atoms with Crippen molar-refractivity contribution in [3.8, 4) is 0 Å². The number of halogens is 1. The highest BCUT2D eigenvalue weighted by Crippen LogP contribution is 2.48. The fourth-order valence-electron chi connectivity index (χ4n) is 6.28. The molecule has 47 heavy (non-hydrogen) atoms. The molecule has 7 heteroatoms. The summed E-state index contributed by atoms with van der Waals surface area (Å²) < 4.78 is 13.5. The maximum absolute atomic E-state index is 15.2. The van der Waals surface area contributed by atoms with Gasteiger partial charge in [0, 0.05) is 10.0 Å². The first-order chi connectivity index (χ1) is 22.9. The lowest BCUT2D eigenvalue weighted by Gasteiger charge is -2.38. The van der Waals surface area contributed by atoms with Gasteiger partial charge in [0.2, 0.25) is 0 Å². The number of nitrogens with one attached hydrogen (secondary N) is 1. The van der Waals surface area contributed by atoms with Crippen molar-refractivity contribution < 1.29 is 19.1 Å². The van der Waals surface area contributed by atoms with Crippen LogP contribution in [0.5, 0.6) is 0 Å². The minimum absolute atomic E-state index is 0.103. The quantitative estimate of drug-likeness (QED) is 0.135. The van der Waals surface area contributed by atoms with Crippen molar-refractivity contribution in [2.24, 2.45) is 0 Å². The molecule has 5 aromatic carbocycles.